The van der Waals surface area contributed by atoms with Gasteiger partial charge in [0.25, 0.3) is 5.69 Å². The van der Waals surface area contributed by atoms with E-state index in [0.717, 1.165) is 0 Å². The molecule has 0 aliphatic rings. The van der Waals surface area contributed by atoms with Crippen molar-refractivity contribution in [2.24, 2.45) is 0 Å². The summed E-state index contributed by atoms with van der Waals surface area (Å²) in [7, 11) is 1.41. The van der Waals surface area contributed by atoms with Gasteiger partial charge in [0.15, 0.2) is 0 Å². The molecule has 0 unspecified atom stereocenters. The molecule has 0 saturated heterocycles. The van der Waals surface area contributed by atoms with Crippen molar-refractivity contribution in [3.05, 3.63) is 28.3 Å². The first-order chi connectivity index (χ1) is 10.1. The lowest BCUT2D eigenvalue weighted by molar-refractivity contribution is -0.385. The largest absolute Gasteiger partial charge is 0.496 e. The Hall–Kier alpha value is -2.35. The van der Waals surface area contributed by atoms with Crippen LogP contribution < -0.4 is 9.47 Å². The smallest absolute Gasteiger partial charge is 0.332 e. The number of nitrogens with zero attached hydrogens (tertiary/aromatic N) is 1. The van der Waals surface area contributed by atoms with Crippen LogP contribution in [0.2, 0.25) is 0 Å². The molecule has 1 aromatic rings. The maximum atomic E-state index is 11.0. The van der Waals surface area contributed by atoms with E-state index in [1.165, 1.54) is 25.3 Å². The van der Waals surface area contributed by atoms with Gasteiger partial charge < -0.3 is 18.9 Å². The lowest BCUT2D eigenvalue weighted by Crippen LogP contribution is -2.15. The highest BCUT2D eigenvalue weighted by molar-refractivity contribution is 5.70. The standard InChI is InChI=1S/C13H17NO7/c1-3-20-13(15)9-19-4-5-21-12-7-10(14(16)17)6-11(8-12)18-2/h6-8H,3-5,9H2,1-2H3. The number of non-ortho nitro benzene ring substituents is 1. The van der Waals surface area contributed by atoms with Crippen LogP contribution in [0.4, 0.5) is 5.69 Å². The summed E-state index contributed by atoms with van der Waals surface area (Å²) in [5.41, 5.74) is -0.128. The molecule has 0 aliphatic heterocycles. The minimum Gasteiger partial charge on any atom is -0.496 e. The summed E-state index contributed by atoms with van der Waals surface area (Å²) in [6.07, 6.45) is 0. The number of methoxy groups -OCH3 is 1. The second-order valence-corrected chi connectivity index (χ2v) is 3.83. The monoisotopic (exact) mass is 299 g/mol. The zero-order valence-corrected chi connectivity index (χ0v) is 11.9. The van der Waals surface area contributed by atoms with Crippen LogP contribution in [0.3, 0.4) is 0 Å². The van der Waals surface area contributed by atoms with Gasteiger partial charge in [-0.2, -0.15) is 0 Å². The summed E-state index contributed by atoms with van der Waals surface area (Å²) < 4.78 is 20.0. The molecule has 8 nitrogen and oxygen atoms in total. The average Bonchev–Trinajstić information content (AvgIpc) is 2.46. The van der Waals surface area contributed by atoms with Crippen molar-refractivity contribution in [3.8, 4) is 11.5 Å². The molecule has 0 aromatic heterocycles. The van der Waals surface area contributed by atoms with E-state index in [1.807, 2.05) is 0 Å². The minimum absolute atomic E-state index is 0.128. The van der Waals surface area contributed by atoms with E-state index in [4.69, 9.17) is 14.2 Å². The van der Waals surface area contributed by atoms with Crippen LogP contribution in [-0.2, 0) is 14.3 Å². The Labute approximate surface area is 121 Å². The Kier molecular flexibility index (Phi) is 6.96. The predicted octanol–water partition coefficient (Wildman–Crippen LogP) is 1.56. The van der Waals surface area contributed by atoms with Crippen LogP contribution in [0.5, 0.6) is 11.5 Å². The van der Waals surface area contributed by atoms with Crippen LogP contribution in [0.15, 0.2) is 18.2 Å². The summed E-state index contributed by atoms with van der Waals surface area (Å²) in [4.78, 5) is 21.2. The highest BCUT2D eigenvalue weighted by Crippen LogP contribution is 2.27. The van der Waals surface area contributed by atoms with Crippen molar-refractivity contribution in [3.63, 3.8) is 0 Å². The first kappa shape index (κ1) is 16.7. The van der Waals surface area contributed by atoms with Gasteiger partial charge in [-0.05, 0) is 6.92 Å². The third-order valence-electron chi connectivity index (χ3n) is 2.33. The maximum absolute atomic E-state index is 11.0. The molecule has 0 amide bonds. The van der Waals surface area contributed by atoms with E-state index in [9.17, 15) is 14.9 Å². The van der Waals surface area contributed by atoms with Crippen LogP contribution in [-0.4, -0.2) is 44.4 Å². The number of carbonyl (C=O) groups excluding carboxylic acids is 1. The number of benzene rings is 1. The van der Waals surface area contributed by atoms with Crippen molar-refractivity contribution in [1.82, 2.24) is 0 Å². The molecule has 0 fully saturated rings. The van der Waals surface area contributed by atoms with E-state index >= 15 is 0 Å². The number of hydrogen-bond acceptors (Lipinski definition) is 7. The van der Waals surface area contributed by atoms with Crippen molar-refractivity contribution in [2.75, 3.05) is 33.5 Å². The fourth-order valence-electron chi connectivity index (χ4n) is 1.44. The summed E-state index contributed by atoms with van der Waals surface area (Å²) in [5.74, 6) is 0.168. The zero-order valence-electron chi connectivity index (χ0n) is 11.9. The molecule has 0 bridgehead atoms. The van der Waals surface area contributed by atoms with Gasteiger partial charge in [0.05, 0.1) is 37.4 Å². The molecule has 0 heterocycles. The highest BCUT2D eigenvalue weighted by Gasteiger charge is 2.11. The lowest BCUT2D eigenvalue weighted by Gasteiger charge is -2.08. The third-order valence-corrected chi connectivity index (χ3v) is 2.33. The number of rotatable bonds is 9. The molecule has 21 heavy (non-hydrogen) atoms. The number of hydrogen-bond donors (Lipinski definition) is 0. The second-order valence-electron chi connectivity index (χ2n) is 3.83. The van der Waals surface area contributed by atoms with Crippen LogP contribution >= 0.6 is 0 Å². The molecule has 1 rings (SSSR count). The van der Waals surface area contributed by atoms with Gasteiger partial charge in [-0.15, -0.1) is 0 Å². The minimum atomic E-state index is -0.535. The highest BCUT2D eigenvalue weighted by atomic mass is 16.6. The molecular weight excluding hydrogens is 282 g/mol. The van der Waals surface area contributed by atoms with Crippen LogP contribution in [0.25, 0.3) is 0 Å². The fraction of sp³-hybridized carbons (Fsp3) is 0.462. The van der Waals surface area contributed by atoms with Crippen molar-refractivity contribution >= 4 is 11.7 Å². The summed E-state index contributed by atoms with van der Waals surface area (Å²) in [6, 6.07) is 4.11. The van der Waals surface area contributed by atoms with Crippen molar-refractivity contribution in [2.45, 2.75) is 6.92 Å². The van der Waals surface area contributed by atoms with E-state index in [1.54, 1.807) is 6.92 Å². The quantitative estimate of drug-likeness (QED) is 0.295. The van der Waals surface area contributed by atoms with Gasteiger partial charge in [-0.25, -0.2) is 4.79 Å². The SMILES string of the molecule is CCOC(=O)COCCOc1cc(OC)cc([N+](=O)[O-])c1. The molecule has 116 valence electrons. The topological polar surface area (TPSA) is 97.1 Å². The first-order valence-corrected chi connectivity index (χ1v) is 6.26. The van der Waals surface area contributed by atoms with Crippen LogP contribution in [0.1, 0.15) is 6.92 Å². The predicted molar refractivity (Wildman–Crippen MR) is 72.6 cm³/mol. The van der Waals surface area contributed by atoms with E-state index in [-0.39, 0.29) is 25.5 Å². The number of esters is 1. The Bertz CT molecular complexity index is 489. The molecule has 8 heteroatoms. The normalized spacial score (nSPS) is 10.0. The van der Waals surface area contributed by atoms with Gasteiger partial charge in [0.1, 0.15) is 24.7 Å². The fourth-order valence-corrected chi connectivity index (χ4v) is 1.44. The van der Waals surface area contributed by atoms with E-state index in [0.29, 0.717) is 18.1 Å². The summed E-state index contributed by atoms with van der Waals surface area (Å²) in [5, 5.41) is 10.8. The molecule has 0 spiro atoms. The van der Waals surface area contributed by atoms with Gasteiger partial charge in [0, 0.05) is 6.07 Å². The summed E-state index contributed by atoms with van der Waals surface area (Å²) in [6.45, 7) is 2.14. The third kappa shape index (κ3) is 6.09. The molecule has 1 aromatic carbocycles. The molecular formula is C13H17NO7. The van der Waals surface area contributed by atoms with Crippen LogP contribution in [0, 0.1) is 10.1 Å². The molecule has 0 aliphatic carbocycles. The molecule has 0 atom stereocenters. The maximum Gasteiger partial charge on any atom is 0.332 e. The first-order valence-electron chi connectivity index (χ1n) is 6.26. The zero-order chi connectivity index (χ0) is 15.7. The Morgan fingerprint density at radius 1 is 1.24 bits per heavy atom. The Morgan fingerprint density at radius 3 is 2.57 bits per heavy atom. The molecule has 0 radical (unpaired) electrons. The van der Waals surface area contributed by atoms with E-state index in [2.05, 4.69) is 4.74 Å². The number of nitro benzene ring substituents is 1. The Morgan fingerprint density at radius 2 is 1.95 bits per heavy atom. The number of ether oxygens (including phenoxy) is 4. The van der Waals surface area contributed by atoms with E-state index < -0.39 is 10.9 Å². The summed E-state index contributed by atoms with van der Waals surface area (Å²) >= 11 is 0. The van der Waals surface area contributed by atoms with Gasteiger partial charge in [-0.1, -0.05) is 0 Å². The average molecular weight is 299 g/mol. The number of nitro groups is 1. The second kappa shape index (κ2) is 8.75. The molecule has 0 saturated carbocycles. The van der Waals surface area contributed by atoms with Crippen molar-refractivity contribution < 1.29 is 28.7 Å². The Balaban J connectivity index is 2.43. The molecule has 0 N–H and O–H groups in total. The lowest BCUT2D eigenvalue weighted by atomic mass is 10.3. The van der Waals surface area contributed by atoms with Gasteiger partial charge >= 0.3 is 5.97 Å². The van der Waals surface area contributed by atoms with Gasteiger partial charge in [0.2, 0.25) is 0 Å². The van der Waals surface area contributed by atoms with Crippen molar-refractivity contribution in [1.29, 1.82) is 0 Å². The number of carbonyl (C=O) groups is 1. The van der Waals surface area contributed by atoms with Gasteiger partial charge in [-0.3, -0.25) is 10.1 Å².